The molecule has 3 heteroatoms. The molecule has 0 unspecified atom stereocenters. The van der Waals surface area contributed by atoms with Crippen LogP contribution in [0.15, 0.2) is 0 Å². The molecule has 0 bridgehead atoms. The van der Waals surface area contributed by atoms with Gasteiger partial charge in [0.25, 0.3) is 0 Å². The van der Waals surface area contributed by atoms with Crippen LogP contribution in [-0.2, 0) is 4.57 Å². The van der Waals surface area contributed by atoms with Crippen LogP contribution < -0.4 is 0 Å². The normalized spacial score (nSPS) is 5.20. The van der Waals surface area contributed by atoms with E-state index in [9.17, 15) is 4.57 Å². The van der Waals surface area contributed by atoms with Crippen LogP contribution in [-0.4, -0.2) is 13.3 Å². The van der Waals surface area contributed by atoms with E-state index in [0.717, 1.165) is 0 Å². The predicted octanol–water partition coefficient (Wildman–Crippen LogP) is 1.50. The SMILES string of the molecule is C[P](C)=O.Cl. The van der Waals surface area contributed by atoms with Crippen molar-refractivity contribution in [1.82, 2.24) is 0 Å². The van der Waals surface area contributed by atoms with E-state index >= 15 is 0 Å². The van der Waals surface area contributed by atoms with Crippen LogP contribution in [0.4, 0.5) is 0 Å². The molecule has 0 N–H and O–H groups in total. The quantitative estimate of drug-likeness (QED) is 0.435. The van der Waals surface area contributed by atoms with Crippen molar-refractivity contribution in [3.05, 3.63) is 0 Å². The molecule has 0 spiro atoms. The van der Waals surface area contributed by atoms with E-state index in [4.69, 9.17) is 0 Å². The third kappa shape index (κ3) is 165. The Kier molecular flexibility index (Phi) is 7.94. The minimum absolute atomic E-state index is 0. The fourth-order valence-electron chi connectivity index (χ4n) is 0. The summed E-state index contributed by atoms with van der Waals surface area (Å²) in [4.78, 5) is 0. The van der Waals surface area contributed by atoms with Gasteiger partial charge in [0.1, 0.15) is 0 Å². The zero-order valence-electron chi connectivity index (χ0n) is 3.26. The first-order valence-corrected chi connectivity index (χ1v) is 3.23. The van der Waals surface area contributed by atoms with Gasteiger partial charge in [-0.2, -0.15) is 0 Å². The van der Waals surface area contributed by atoms with Gasteiger partial charge in [-0.25, -0.2) is 0 Å². The number of halogens is 1. The molecule has 0 aliphatic carbocycles. The summed E-state index contributed by atoms with van der Waals surface area (Å²) in [5.41, 5.74) is 0. The average molecular weight is 114 g/mol. The minimum atomic E-state index is -0.870. The Labute approximate surface area is 39.0 Å². The fourth-order valence-corrected chi connectivity index (χ4v) is 0. The summed E-state index contributed by atoms with van der Waals surface area (Å²) in [6.45, 7) is 3.35. The molecule has 0 aromatic heterocycles. The summed E-state index contributed by atoms with van der Waals surface area (Å²) in [7, 11) is -0.870. The zero-order valence-corrected chi connectivity index (χ0v) is 4.97. The largest absolute Gasteiger partial charge is 0.288 e. The molecule has 0 atom stereocenters. The number of hydrogen-bond acceptors (Lipinski definition) is 1. The van der Waals surface area contributed by atoms with Gasteiger partial charge in [0.2, 0.25) is 0 Å². The van der Waals surface area contributed by atoms with E-state index in [2.05, 4.69) is 0 Å². The van der Waals surface area contributed by atoms with Crippen LogP contribution in [0, 0.1) is 0 Å². The van der Waals surface area contributed by atoms with Gasteiger partial charge in [0.05, 0.1) is 7.80 Å². The van der Waals surface area contributed by atoms with Crippen LogP contribution in [0.2, 0.25) is 0 Å². The summed E-state index contributed by atoms with van der Waals surface area (Å²) in [5, 5.41) is 0. The van der Waals surface area contributed by atoms with Gasteiger partial charge < -0.3 is 0 Å². The molecule has 0 aromatic rings. The van der Waals surface area contributed by atoms with Crippen LogP contribution in [0.5, 0.6) is 0 Å². The summed E-state index contributed by atoms with van der Waals surface area (Å²) >= 11 is 0. The molecule has 0 saturated carbocycles. The summed E-state index contributed by atoms with van der Waals surface area (Å²) in [5.74, 6) is 0. The highest BCUT2D eigenvalue weighted by Gasteiger charge is 1.59. The van der Waals surface area contributed by atoms with Crippen molar-refractivity contribution in [3.63, 3.8) is 0 Å². The predicted molar refractivity (Wildman–Crippen MR) is 26.7 cm³/mol. The molecule has 1 nitrogen and oxygen atoms in total. The Bertz CT molecular complexity index is 32.6. The molecule has 1 radical (unpaired) electrons. The van der Waals surface area contributed by atoms with Crippen molar-refractivity contribution >= 4 is 20.2 Å². The highest BCUT2D eigenvalue weighted by Crippen LogP contribution is 2.00. The maximum absolute atomic E-state index is 9.59. The van der Waals surface area contributed by atoms with E-state index in [1.54, 1.807) is 13.3 Å². The first-order valence-electron chi connectivity index (χ1n) is 1.08. The second-order valence-electron chi connectivity index (χ2n) is 0.812. The van der Waals surface area contributed by atoms with Crippen molar-refractivity contribution in [1.29, 1.82) is 0 Å². The maximum atomic E-state index is 9.59. The lowest BCUT2D eigenvalue weighted by Gasteiger charge is -1.58. The molecule has 0 aromatic carbocycles. The van der Waals surface area contributed by atoms with Crippen LogP contribution in [0.1, 0.15) is 0 Å². The molecular formula is C2H7ClOP. The van der Waals surface area contributed by atoms with Crippen molar-refractivity contribution in [2.24, 2.45) is 0 Å². The molecule has 33 valence electrons. The van der Waals surface area contributed by atoms with Crippen molar-refractivity contribution < 1.29 is 4.57 Å². The van der Waals surface area contributed by atoms with E-state index in [-0.39, 0.29) is 12.4 Å². The lowest BCUT2D eigenvalue weighted by molar-refractivity contribution is 0.594. The third-order valence-corrected chi connectivity index (χ3v) is 0. The van der Waals surface area contributed by atoms with Gasteiger partial charge in [-0.15, -0.1) is 12.4 Å². The molecule has 0 aliphatic heterocycles. The van der Waals surface area contributed by atoms with Crippen LogP contribution in [0.3, 0.4) is 0 Å². The Morgan fingerprint density at radius 2 is 1.40 bits per heavy atom. The minimum Gasteiger partial charge on any atom is -0.288 e. The van der Waals surface area contributed by atoms with Crippen LogP contribution in [0.25, 0.3) is 0 Å². The molecular weight excluding hydrogens is 106 g/mol. The molecule has 0 heterocycles. The number of rotatable bonds is 0. The highest BCUT2D eigenvalue weighted by atomic mass is 35.5. The van der Waals surface area contributed by atoms with Gasteiger partial charge in [-0.1, -0.05) is 0 Å². The lowest BCUT2D eigenvalue weighted by atomic mass is 11.9. The Balaban J connectivity index is 0. The molecule has 0 saturated heterocycles. The lowest BCUT2D eigenvalue weighted by Crippen LogP contribution is -1.33. The van der Waals surface area contributed by atoms with Gasteiger partial charge in [-0.3, -0.25) is 4.57 Å². The van der Waals surface area contributed by atoms with Crippen LogP contribution >= 0.6 is 20.2 Å². The van der Waals surface area contributed by atoms with Gasteiger partial charge >= 0.3 is 0 Å². The topological polar surface area (TPSA) is 17.1 Å². The standard InChI is InChI=1S/C2H6OP.ClH/c1-4(2)3;/h1-2H3;1H. The molecule has 5 heavy (non-hydrogen) atoms. The monoisotopic (exact) mass is 113 g/mol. The van der Waals surface area contributed by atoms with E-state index in [0.29, 0.717) is 0 Å². The molecule has 0 amide bonds. The smallest absolute Gasteiger partial charge is 0.0655 e. The highest BCUT2D eigenvalue weighted by molar-refractivity contribution is 7.42. The summed E-state index contributed by atoms with van der Waals surface area (Å²) < 4.78 is 9.59. The average Bonchev–Trinajstić information content (AvgIpc) is 0.811. The van der Waals surface area contributed by atoms with Gasteiger partial charge in [0.15, 0.2) is 0 Å². The van der Waals surface area contributed by atoms with Gasteiger partial charge in [-0.05, 0) is 0 Å². The first kappa shape index (κ1) is 9.04. The molecule has 0 aliphatic rings. The first-order chi connectivity index (χ1) is 1.73. The van der Waals surface area contributed by atoms with E-state index in [1.165, 1.54) is 0 Å². The van der Waals surface area contributed by atoms with Gasteiger partial charge in [0, 0.05) is 13.3 Å². The fraction of sp³-hybridized carbons (Fsp3) is 1.00. The summed E-state index contributed by atoms with van der Waals surface area (Å²) in [6.07, 6.45) is 0. The second kappa shape index (κ2) is 4.39. The van der Waals surface area contributed by atoms with E-state index < -0.39 is 7.80 Å². The molecule has 0 fully saturated rings. The maximum Gasteiger partial charge on any atom is 0.0655 e. The third-order valence-electron chi connectivity index (χ3n) is 0. The number of hydrogen-bond donors (Lipinski definition) is 0. The zero-order chi connectivity index (χ0) is 3.58. The Morgan fingerprint density at radius 1 is 1.40 bits per heavy atom. The Morgan fingerprint density at radius 3 is 1.40 bits per heavy atom. The van der Waals surface area contributed by atoms with Crippen molar-refractivity contribution in [2.75, 3.05) is 13.3 Å². The second-order valence-corrected chi connectivity index (χ2v) is 2.44. The summed E-state index contributed by atoms with van der Waals surface area (Å²) in [6, 6.07) is 0. The van der Waals surface area contributed by atoms with E-state index in [1.807, 2.05) is 0 Å². The Hall–Kier alpha value is 0.390. The van der Waals surface area contributed by atoms with Crippen molar-refractivity contribution in [2.45, 2.75) is 0 Å². The van der Waals surface area contributed by atoms with Crippen molar-refractivity contribution in [3.8, 4) is 0 Å². The molecule has 0 rings (SSSR count).